The average Bonchev–Trinajstić information content (AvgIpc) is 2.59. The molecule has 4 heteroatoms. The molecule has 0 aliphatic rings. The van der Waals surface area contributed by atoms with Gasteiger partial charge in [0, 0.05) is 12.1 Å². The highest BCUT2D eigenvalue weighted by atomic mass is 16.5. The molecule has 0 aliphatic heterocycles. The maximum Gasteiger partial charge on any atom is 0.224 e. The molecule has 0 saturated carbocycles. The molecule has 118 valence electrons. The van der Waals surface area contributed by atoms with Crippen molar-refractivity contribution < 1.29 is 9.53 Å². The van der Waals surface area contributed by atoms with Crippen LogP contribution in [0, 0.1) is 11.3 Å². The van der Waals surface area contributed by atoms with E-state index in [0.29, 0.717) is 17.7 Å². The van der Waals surface area contributed by atoms with E-state index < -0.39 is 0 Å². The average molecular weight is 308 g/mol. The number of nitrogens with zero attached hydrogens (tertiary/aromatic N) is 1. The fourth-order valence-corrected chi connectivity index (χ4v) is 2.30. The van der Waals surface area contributed by atoms with E-state index in [1.807, 2.05) is 24.3 Å². The van der Waals surface area contributed by atoms with Crippen LogP contribution < -0.4 is 10.1 Å². The van der Waals surface area contributed by atoms with Gasteiger partial charge in [0.1, 0.15) is 5.75 Å². The number of hydrogen-bond acceptors (Lipinski definition) is 3. The smallest absolute Gasteiger partial charge is 0.224 e. The molecular weight excluding hydrogens is 288 g/mol. The lowest BCUT2D eigenvalue weighted by atomic mass is 10.1. The largest absolute Gasteiger partial charge is 0.497 e. The molecule has 0 heterocycles. The van der Waals surface area contributed by atoms with Crippen molar-refractivity contribution in [3.8, 4) is 11.8 Å². The highest BCUT2D eigenvalue weighted by Crippen LogP contribution is 2.14. The minimum atomic E-state index is -0.0187. The van der Waals surface area contributed by atoms with Crippen LogP contribution in [0.25, 0.3) is 0 Å². The molecule has 1 N–H and O–H groups in total. The van der Waals surface area contributed by atoms with Crippen LogP contribution in [0.5, 0.6) is 5.75 Å². The first-order valence-corrected chi connectivity index (χ1v) is 7.64. The van der Waals surface area contributed by atoms with Crippen LogP contribution in [0.4, 0.5) is 5.69 Å². The second-order valence-electron chi connectivity index (χ2n) is 5.30. The Labute approximate surface area is 136 Å². The zero-order chi connectivity index (χ0) is 16.5. The molecule has 2 aromatic rings. The number of unbranched alkanes of at least 4 members (excludes halogenated alkanes) is 1. The summed E-state index contributed by atoms with van der Waals surface area (Å²) in [6.45, 7) is 0. The van der Waals surface area contributed by atoms with Crippen molar-refractivity contribution in [2.45, 2.75) is 25.7 Å². The van der Waals surface area contributed by atoms with E-state index in [2.05, 4.69) is 11.4 Å². The molecule has 0 aromatic heterocycles. The SMILES string of the molecule is COc1ccc(CCCCC(=O)Nc2cccc(C#N)c2)cc1. The van der Waals surface area contributed by atoms with E-state index in [9.17, 15) is 4.79 Å². The number of carbonyl (C=O) groups is 1. The number of methoxy groups -OCH3 is 1. The van der Waals surface area contributed by atoms with Crippen LogP contribution in [0.1, 0.15) is 30.4 Å². The van der Waals surface area contributed by atoms with Gasteiger partial charge in [-0.25, -0.2) is 0 Å². The van der Waals surface area contributed by atoms with Gasteiger partial charge in [-0.05, 0) is 55.2 Å². The Bertz CT molecular complexity index is 687. The molecule has 0 bridgehead atoms. The molecule has 2 rings (SSSR count). The second kappa shape index (κ2) is 8.60. The minimum absolute atomic E-state index is 0.0187. The number of rotatable bonds is 7. The van der Waals surface area contributed by atoms with E-state index in [-0.39, 0.29) is 5.91 Å². The van der Waals surface area contributed by atoms with Gasteiger partial charge < -0.3 is 10.1 Å². The van der Waals surface area contributed by atoms with Crippen LogP contribution in [0.3, 0.4) is 0 Å². The molecule has 0 aliphatic carbocycles. The van der Waals surface area contributed by atoms with Crippen molar-refractivity contribution in [3.05, 3.63) is 59.7 Å². The quantitative estimate of drug-likeness (QED) is 0.789. The molecule has 23 heavy (non-hydrogen) atoms. The van der Waals surface area contributed by atoms with Gasteiger partial charge in [-0.15, -0.1) is 0 Å². The summed E-state index contributed by atoms with van der Waals surface area (Å²) in [5, 5.41) is 11.7. The zero-order valence-electron chi connectivity index (χ0n) is 13.2. The lowest BCUT2D eigenvalue weighted by Crippen LogP contribution is -2.11. The number of aryl methyl sites for hydroxylation is 1. The Hall–Kier alpha value is -2.80. The molecule has 0 radical (unpaired) electrons. The summed E-state index contributed by atoms with van der Waals surface area (Å²) < 4.78 is 5.13. The van der Waals surface area contributed by atoms with Crippen molar-refractivity contribution in [2.75, 3.05) is 12.4 Å². The maximum absolute atomic E-state index is 11.9. The third kappa shape index (κ3) is 5.48. The number of anilines is 1. The van der Waals surface area contributed by atoms with Crippen LogP contribution in [0.15, 0.2) is 48.5 Å². The number of amides is 1. The van der Waals surface area contributed by atoms with Gasteiger partial charge in [0.25, 0.3) is 0 Å². The highest BCUT2D eigenvalue weighted by Gasteiger charge is 2.03. The summed E-state index contributed by atoms with van der Waals surface area (Å²) in [6.07, 6.45) is 3.21. The lowest BCUT2D eigenvalue weighted by molar-refractivity contribution is -0.116. The monoisotopic (exact) mass is 308 g/mol. The summed E-state index contributed by atoms with van der Waals surface area (Å²) >= 11 is 0. The maximum atomic E-state index is 11.9. The van der Waals surface area contributed by atoms with Crippen LogP contribution in [0.2, 0.25) is 0 Å². The topological polar surface area (TPSA) is 62.1 Å². The van der Waals surface area contributed by atoms with E-state index in [4.69, 9.17) is 10.00 Å². The second-order valence-corrected chi connectivity index (χ2v) is 5.30. The molecule has 4 nitrogen and oxygen atoms in total. The van der Waals surface area contributed by atoms with Crippen LogP contribution in [-0.4, -0.2) is 13.0 Å². The first-order chi connectivity index (χ1) is 11.2. The van der Waals surface area contributed by atoms with Gasteiger partial charge in [-0.3, -0.25) is 4.79 Å². The lowest BCUT2D eigenvalue weighted by Gasteiger charge is -2.06. The summed E-state index contributed by atoms with van der Waals surface area (Å²) in [5.74, 6) is 0.836. The van der Waals surface area contributed by atoms with Crippen molar-refractivity contribution in [1.82, 2.24) is 0 Å². The van der Waals surface area contributed by atoms with Gasteiger partial charge >= 0.3 is 0 Å². The van der Waals surface area contributed by atoms with Gasteiger partial charge in [0.05, 0.1) is 18.7 Å². The van der Waals surface area contributed by atoms with Crippen molar-refractivity contribution in [3.63, 3.8) is 0 Å². The number of nitriles is 1. The summed E-state index contributed by atoms with van der Waals surface area (Å²) in [6, 6.07) is 17.0. The summed E-state index contributed by atoms with van der Waals surface area (Å²) in [4.78, 5) is 11.9. The van der Waals surface area contributed by atoms with Gasteiger partial charge in [0.2, 0.25) is 5.91 Å². The van der Waals surface area contributed by atoms with E-state index in [1.165, 1.54) is 5.56 Å². The minimum Gasteiger partial charge on any atom is -0.497 e. The van der Waals surface area contributed by atoms with Crippen LogP contribution in [-0.2, 0) is 11.2 Å². The van der Waals surface area contributed by atoms with Crippen molar-refractivity contribution in [2.24, 2.45) is 0 Å². The Balaban J connectivity index is 1.71. The molecule has 0 fully saturated rings. The Morgan fingerprint density at radius 2 is 1.96 bits per heavy atom. The highest BCUT2D eigenvalue weighted by molar-refractivity contribution is 5.90. The number of nitrogens with one attached hydrogen (secondary N) is 1. The summed E-state index contributed by atoms with van der Waals surface area (Å²) in [7, 11) is 1.65. The Morgan fingerprint density at radius 1 is 1.17 bits per heavy atom. The van der Waals surface area contributed by atoms with E-state index >= 15 is 0 Å². The van der Waals surface area contributed by atoms with Crippen molar-refractivity contribution in [1.29, 1.82) is 5.26 Å². The third-order valence-electron chi connectivity index (χ3n) is 3.55. The van der Waals surface area contributed by atoms with Gasteiger partial charge in [-0.2, -0.15) is 5.26 Å². The van der Waals surface area contributed by atoms with Gasteiger partial charge in [-0.1, -0.05) is 18.2 Å². The summed E-state index contributed by atoms with van der Waals surface area (Å²) in [5.41, 5.74) is 2.46. The number of benzene rings is 2. The van der Waals surface area contributed by atoms with Crippen LogP contribution >= 0.6 is 0 Å². The normalized spacial score (nSPS) is 9.91. The fraction of sp³-hybridized carbons (Fsp3) is 0.263. The van der Waals surface area contributed by atoms with Gasteiger partial charge in [0.15, 0.2) is 0 Å². The molecule has 1 amide bonds. The Kier molecular flexibility index (Phi) is 6.19. The molecule has 0 spiro atoms. The van der Waals surface area contributed by atoms with E-state index in [0.717, 1.165) is 25.0 Å². The fourth-order valence-electron chi connectivity index (χ4n) is 2.30. The first kappa shape index (κ1) is 16.6. The molecule has 0 atom stereocenters. The predicted molar refractivity (Wildman–Crippen MR) is 90.3 cm³/mol. The number of carbonyl (C=O) groups excluding carboxylic acids is 1. The van der Waals surface area contributed by atoms with Crippen molar-refractivity contribution >= 4 is 11.6 Å². The zero-order valence-corrected chi connectivity index (χ0v) is 13.2. The molecular formula is C19H20N2O2. The predicted octanol–water partition coefficient (Wildman–Crippen LogP) is 3.92. The molecule has 2 aromatic carbocycles. The molecule has 0 saturated heterocycles. The standard InChI is InChI=1S/C19H20N2O2/c1-23-18-11-9-15(10-12-18)5-2-3-8-19(22)21-17-7-4-6-16(13-17)14-20/h4,6-7,9-13H,2-3,5,8H2,1H3,(H,21,22). The molecule has 0 unspecified atom stereocenters. The number of ether oxygens (including phenoxy) is 1. The Morgan fingerprint density at radius 3 is 2.65 bits per heavy atom. The number of hydrogen-bond donors (Lipinski definition) is 1. The van der Waals surface area contributed by atoms with E-state index in [1.54, 1.807) is 31.4 Å². The third-order valence-corrected chi connectivity index (χ3v) is 3.55. The first-order valence-electron chi connectivity index (χ1n) is 7.64.